The normalized spacial score (nSPS) is 15.4. The third-order valence-electron chi connectivity index (χ3n) is 6.13. The van der Waals surface area contributed by atoms with Crippen LogP contribution in [0.4, 0.5) is 17.1 Å². The Kier molecular flexibility index (Phi) is 7.27. The first-order valence-electron chi connectivity index (χ1n) is 12.1. The number of para-hydroxylation sites is 2. The molecule has 2 amide bonds. The number of sulfonamides is 1. The van der Waals surface area contributed by atoms with Gasteiger partial charge in [0.15, 0.2) is 6.10 Å². The third kappa shape index (κ3) is 5.94. The van der Waals surface area contributed by atoms with E-state index in [1.165, 1.54) is 4.31 Å². The number of fused-ring (bicyclic) bond motifs is 1. The summed E-state index contributed by atoms with van der Waals surface area (Å²) in [4.78, 5) is 25.8. The van der Waals surface area contributed by atoms with Crippen molar-refractivity contribution in [3.05, 3.63) is 83.9 Å². The van der Waals surface area contributed by atoms with E-state index in [9.17, 15) is 18.0 Å². The lowest BCUT2D eigenvalue weighted by Crippen LogP contribution is -2.49. The van der Waals surface area contributed by atoms with Gasteiger partial charge in [-0.25, -0.2) is 8.42 Å². The molecule has 0 aromatic heterocycles. The molecule has 0 bridgehead atoms. The Morgan fingerprint density at radius 3 is 2.24 bits per heavy atom. The molecule has 194 valence electrons. The molecule has 8 nitrogen and oxygen atoms in total. The highest BCUT2D eigenvalue weighted by Gasteiger charge is 2.36. The second kappa shape index (κ2) is 10.3. The first-order valence-corrected chi connectivity index (χ1v) is 13.7. The fourth-order valence-corrected chi connectivity index (χ4v) is 5.11. The molecular weight excluding hydrogens is 490 g/mol. The first-order chi connectivity index (χ1) is 17.5. The maximum atomic E-state index is 13.1. The van der Waals surface area contributed by atoms with Crippen molar-refractivity contribution in [2.45, 2.75) is 39.2 Å². The van der Waals surface area contributed by atoms with Gasteiger partial charge >= 0.3 is 0 Å². The molecule has 37 heavy (non-hydrogen) atoms. The molecule has 0 aliphatic carbocycles. The van der Waals surface area contributed by atoms with Crippen molar-refractivity contribution in [3.8, 4) is 5.75 Å². The second-order valence-corrected chi connectivity index (χ2v) is 12.0. The van der Waals surface area contributed by atoms with Gasteiger partial charge in [0.1, 0.15) is 5.75 Å². The molecule has 9 heteroatoms. The highest BCUT2D eigenvalue weighted by Crippen LogP contribution is 2.35. The SMILES string of the molecule is CCS(=O)(=O)N1C[C@@H](C(=O)Nc2cccc(NC(=O)c3ccc(C(C)(C)C)cc3)c2)Oc2ccccc21. The van der Waals surface area contributed by atoms with Crippen molar-refractivity contribution in [1.29, 1.82) is 0 Å². The van der Waals surface area contributed by atoms with Crippen molar-refractivity contribution < 1.29 is 22.7 Å². The Bertz CT molecular complexity index is 1410. The fraction of sp³-hybridized carbons (Fsp3) is 0.286. The predicted octanol–water partition coefficient (Wildman–Crippen LogP) is 4.79. The van der Waals surface area contributed by atoms with Crippen molar-refractivity contribution >= 4 is 38.9 Å². The first kappa shape index (κ1) is 26.2. The molecule has 0 spiro atoms. The Hall–Kier alpha value is -3.85. The molecule has 2 N–H and O–H groups in total. The lowest BCUT2D eigenvalue weighted by molar-refractivity contribution is -0.122. The topological polar surface area (TPSA) is 105 Å². The van der Waals surface area contributed by atoms with Gasteiger partial charge in [-0.05, 0) is 60.4 Å². The summed E-state index contributed by atoms with van der Waals surface area (Å²) in [7, 11) is -3.61. The minimum absolute atomic E-state index is 0.0105. The highest BCUT2D eigenvalue weighted by atomic mass is 32.2. The molecule has 1 aliphatic heterocycles. The molecule has 4 rings (SSSR count). The number of anilines is 3. The molecule has 0 saturated heterocycles. The zero-order chi connectivity index (χ0) is 26.8. The average molecular weight is 522 g/mol. The molecule has 1 atom stereocenters. The number of carbonyl (C=O) groups is 2. The predicted molar refractivity (Wildman–Crippen MR) is 146 cm³/mol. The van der Waals surface area contributed by atoms with Gasteiger partial charge in [-0.3, -0.25) is 13.9 Å². The van der Waals surface area contributed by atoms with Crippen LogP contribution in [0.2, 0.25) is 0 Å². The maximum absolute atomic E-state index is 13.1. The van der Waals surface area contributed by atoms with Crippen LogP contribution in [0.1, 0.15) is 43.6 Å². The number of benzene rings is 3. The van der Waals surface area contributed by atoms with E-state index in [1.54, 1.807) is 67.6 Å². The van der Waals surface area contributed by atoms with Gasteiger partial charge in [-0.1, -0.05) is 51.1 Å². The van der Waals surface area contributed by atoms with Gasteiger partial charge in [0.2, 0.25) is 10.0 Å². The molecule has 0 saturated carbocycles. The minimum Gasteiger partial charge on any atom is -0.476 e. The van der Waals surface area contributed by atoms with Crippen LogP contribution in [0.15, 0.2) is 72.8 Å². The number of hydrogen-bond donors (Lipinski definition) is 2. The van der Waals surface area contributed by atoms with E-state index < -0.39 is 22.0 Å². The van der Waals surface area contributed by atoms with Gasteiger partial charge in [0.25, 0.3) is 11.8 Å². The van der Waals surface area contributed by atoms with Crippen molar-refractivity contribution in [2.75, 3.05) is 27.2 Å². The number of rotatable bonds is 6. The minimum atomic E-state index is -3.61. The Balaban J connectivity index is 1.46. The van der Waals surface area contributed by atoms with E-state index in [0.717, 1.165) is 5.56 Å². The van der Waals surface area contributed by atoms with Crippen molar-refractivity contribution in [2.24, 2.45) is 0 Å². The molecule has 1 aliphatic rings. The van der Waals surface area contributed by atoms with Gasteiger partial charge < -0.3 is 15.4 Å². The number of carbonyl (C=O) groups excluding carboxylic acids is 2. The number of nitrogens with one attached hydrogen (secondary N) is 2. The van der Waals surface area contributed by atoms with Crippen LogP contribution in [0.5, 0.6) is 5.75 Å². The smallest absolute Gasteiger partial charge is 0.267 e. The van der Waals surface area contributed by atoms with E-state index in [1.807, 2.05) is 12.1 Å². The molecule has 3 aromatic carbocycles. The van der Waals surface area contributed by atoms with Crippen LogP contribution >= 0.6 is 0 Å². The zero-order valence-electron chi connectivity index (χ0n) is 21.3. The van der Waals surface area contributed by atoms with E-state index in [0.29, 0.717) is 28.4 Å². The summed E-state index contributed by atoms with van der Waals surface area (Å²) in [5.41, 5.74) is 3.00. The number of nitrogens with zero attached hydrogens (tertiary/aromatic N) is 1. The van der Waals surface area contributed by atoms with E-state index in [2.05, 4.69) is 31.4 Å². The average Bonchev–Trinajstić information content (AvgIpc) is 2.87. The van der Waals surface area contributed by atoms with Crippen LogP contribution in [-0.2, 0) is 20.2 Å². The monoisotopic (exact) mass is 521 g/mol. The fourth-order valence-electron chi connectivity index (χ4n) is 3.98. The van der Waals surface area contributed by atoms with E-state index >= 15 is 0 Å². The number of amides is 2. The maximum Gasteiger partial charge on any atom is 0.267 e. The standard InChI is InChI=1S/C28H31N3O5S/c1-5-37(34,35)31-18-25(36-24-12-7-6-11-23(24)31)27(33)30-22-10-8-9-21(17-22)29-26(32)19-13-15-20(16-14-19)28(2,3)4/h6-17,25H,5,18H2,1-4H3,(H,29,32)(H,30,33)/t25-/m0/s1. The molecule has 0 radical (unpaired) electrons. The van der Waals surface area contributed by atoms with Gasteiger partial charge in [-0.15, -0.1) is 0 Å². The van der Waals surface area contributed by atoms with E-state index in [-0.39, 0.29) is 23.6 Å². The van der Waals surface area contributed by atoms with Gasteiger partial charge in [0.05, 0.1) is 18.0 Å². The summed E-state index contributed by atoms with van der Waals surface area (Å²) in [6, 6.07) is 20.9. The van der Waals surface area contributed by atoms with Gasteiger partial charge in [0, 0.05) is 16.9 Å². The van der Waals surface area contributed by atoms with Crippen molar-refractivity contribution in [3.63, 3.8) is 0 Å². The quantitative estimate of drug-likeness (QED) is 0.485. The zero-order valence-corrected chi connectivity index (χ0v) is 22.1. The summed E-state index contributed by atoms with van der Waals surface area (Å²) < 4.78 is 32.4. The summed E-state index contributed by atoms with van der Waals surface area (Å²) in [5.74, 6) is -0.538. The Morgan fingerprint density at radius 2 is 1.59 bits per heavy atom. The number of ether oxygens (including phenoxy) is 1. The molecule has 0 fully saturated rings. The second-order valence-electron chi connectivity index (χ2n) is 9.86. The van der Waals surface area contributed by atoms with E-state index in [4.69, 9.17) is 4.74 Å². The summed E-state index contributed by atoms with van der Waals surface area (Å²) >= 11 is 0. The largest absolute Gasteiger partial charge is 0.476 e. The Labute approximate surface area is 217 Å². The van der Waals surface area contributed by atoms with Crippen molar-refractivity contribution in [1.82, 2.24) is 0 Å². The van der Waals surface area contributed by atoms with Crippen LogP contribution in [0.3, 0.4) is 0 Å². The van der Waals surface area contributed by atoms with Crippen LogP contribution in [0, 0.1) is 0 Å². The Morgan fingerprint density at radius 1 is 0.946 bits per heavy atom. The van der Waals surface area contributed by atoms with Gasteiger partial charge in [-0.2, -0.15) is 0 Å². The molecule has 3 aromatic rings. The lowest BCUT2D eigenvalue weighted by atomic mass is 9.87. The number of hydrogen-bond acceptors (Lipinski definition) is 5. The summed E-state index contributed by atoms with van der Waals surface area (Å²) in [5, 5.41) is 5.62. The van der Waals surface area contributed by atoms with Crippen LogP contribution < -0.4 is 19.7 Å². The highest BCUT2D eigenvalue weighted by molar-refractivity contribution is 7.92. The molecule has 0 unspecified atom stereocenters. The lowest BCUT2D eigenvalue weighted by Gasteiger charge is -2.34. The summed E-state index contributed by atoms with van der Waals surface area (Å²) in [6.45, 7) is 7.75. The molecule has 1 heterocycles. The molecular formula is C28H31N3O5S. The van der Waals surface area contributed by atoms with Crippen LogP contribution in [0.25, 0.3) is 0 Å². The van der Waals surface area contributed by atoms with Crippen LogP contribution in [-0.4, -0.2) is 38.6 Å². The summed E-state index contributed by atoms with van der Waals surface area (Å²) in [6.07, 6.45) is -1.05. The third-order valence-corrected chi connectivity index (χ3v) is 7.88.